The predicted octanol–water partition coefficient (Wildman–Crippen LogP) is 3.72. The quantitative estimate of drug-likeness (QED) is 0.664. The number of carbonyl (C=O) groups is 2. The molecule has 2 amide bonds. The minimum Gasteiger partial charge on any atom is -0.347 e. The lowest BCUT2D eigenvalue weighted by Gasteiger charge is -2.06. The first kappa shape index (κ1) is 18.8. The lowest BCUT2D eigenvalue weighted by Crippen LogP contribution is -2.36. The van der Waals surface area contributed by atoms with Gasteiger partial charge in [0, 0.05) is 29.1 Å². The smallest absolute Gasteiger partial charge is 0.313 e. The molecule has 6 heteroatoms. The molecule has 3 rings (SSSR count). The zero-order chi connectivity index (χ0) is 19.2. The molecule has 27 heavy (non-hydrogen) atoms. The molecule has 0 spiro atoms. The first-order valence-corrected chi connectivity index (χ1v) is 9.52. The number of benzene rings is 2. The highest BCUT2D eigenvalue weighted by Crippen LogP contribution is 2.28. The van der Waals surface area contributed by atoms with Crippen LogP contribution >= 0.6 is 11.3 Å². The number of nitrogens with zero attached hydrogens (tertiary/aromatic N) is 1. The maximum Gasteiger partial charge on any atom is 0.313 e. The maximum absolute atomic E-state index is 11.9. The molecule has 138 valence electrons. The molecule has 0 bridgehead atoms. The summed E-state index contributed by atoms with van der Waals surface area (Å²) in [5.41, 5.74) is 3.85. The highest BCUT2D eigenvalue weighted by atomic mass is 32.1. The summed E-state index contributed by atoms with van der Waals surface area (Å²) in [7, 11) is 0. The number of thiazole rings is 1. The van der Waals surface area contributed by atoms with Crippen molar-refractivity contribution in [1.82, 2.24) is 10.3 Å². The van der Waals surface area contributed by atoms with E-state index in [9.17, 15) is 9.59 Å². The Morgan fingerprint density at radius 3 is 2.37 bits per heavy atom. The Morgan fingerprint density at radius 2 is 1.67 bits per heavy atom. The van der Waals surface area contributed by atoms with Crippen LogP contribution in [0.15, 0.2) is 54.6 Å². The van der Waals surface area contributed by atoms with Gasteiger partial charge in [0.1, 0.15) is 5.01 Å². The van der Waals surface area contributed by atoms with Crippen molar-refractivity contribution in [3.63, 3.8) is 0 Å². The number of aryl methyl sites for hydroxylation is 2. The number of rotatable bonds is 5. The summed E-state index contributed by atoms with van der Waals surface area (Å²) in [6.07, 6.45) is 0.639. The van der Waals surface area contributed by atoms with E-state index in [4.69, 9.17) is 0 Å². The van der Waals surface area contributed by atoms with Gasteiger partial charge in [-0.2, -0.15) is 0 Å². The number of carbonyl (C=O) groups excluding carboxylic acids is 2. The van der Waals surface area contributed by atoms with Gasteiger partial charge in [0.15, 0.2) is 0 Å². The van der Waals surface area contributed by atoms with Crippen molar-refractivity contribution >= 4 is 28.8 Å². The average Bonchev–Trinajstić information content (AvgIpc) is 3.03. The first-order chi connectivity index (χ1) is 13.0. The Balaban J connectivity index is 1.53. The van der Waals surface area contributed by atoms with Crippen molar-refractivity contribution in [1.29, 1.82) is 0 Å². The summed E-state index contributed by atoms with van der Waals surface area (Å²) in [4.78, 5) is 29.6. The van der Waals surface area contributed by atoms with Crippen molar-refractivity contribution in [3.8, 4) is 10.6 Å². The minimum atomic E-state index is -0.664. The molecule has 0 radical (unpaired) electrons. The number of nitrogens with one attached hydrogen (secondary N) is 2. The van der Waals surface area contributed by atoms with Crippen molar-refractivity contribution in [2.24, 2.45) is 0 Å². The normalized spacial score (nSPS) is 10.4. The van der Waals surface area contributed by atoms with E-state index in [0.717, 1.165) is 21.1 Å². The molecule has 0 aliphatic rings. The molecular formula is C21H21N3O2S. The fourth-order valence-corrected chi connectivity index (χ4v) is 3.63. The molecule has 1 heterocycles. The zero-order valence-electron chi connectivity index (χ0n) is 15.3. The summed E-state index contributed by atoms with van der Waals surface area (Å²) in [6.45, 7) is 4.41. The summed E-state index contributed by atoms with van der Waals surface area (Å²) in [5.74, 6) is -1.30. The van der Waals surface area contributed by atoms with Gasteiger partial charge in [-0.3, -0.25) is 9.59 Å². The van der Waals surface area contributed by atoms with E-state index in [-0.39, 0.29) is 0 Å². The molecule has 0 fully saturated rings. The Morgan fingerprint density at radius 1 is 0.963 bits per heavy atom. The highest BCUT2D eigenvalue weighted by Gasteiger charge is 2.14. The van der Waals surface area contributed by atoms with Crippen LogP contribution in [0.3, 0.4) is 0 Å². The van der Waals surface area contributed by atoms with Gasteiger partial charge in [-0.15, -0.1) is 11.3 Å². The second-order valence-corrected chi connectivity index (χ2v) is 7.30. The SMILES string of the molecule is Cc1ccc(-c2nc(C)c(CCNC(=O)C(=O)Nc3ccccc3)s2)cc1. The molecule has 1 aromatic heterocycles. The van der Waals surface area contributed by atoms with Crippen LogP contribution in [0.25, 0.3) is 10.6 Å². The van der Waals surface area contributed by atoms with Gasteiger partial charge in [-0.25, -0.2) is 4.98 Å². The zero-order valence-corrected chi connectivity index (χ0v) is 16.1. The number of amides is 2. The monoisotopic (exact) mass is 379 g/mol. The summed E-state index contributed by atoms with van der Waals surface area (Å²) in [5, 5.41) is 6.20. The van der Waals surface area contributed by atoms with Gasteiger partial charge in [0.2, 0.25) is 0 Å². The molecule has 3 aromatic rings. The topological polar surface area (TPSA) is 71.1 Å². The number of anilines is 1. The van der Waals surface area contributed by atoms with Gasteiger partial charge in [-0.05, 0) is 26.0 Å². The average molecular weight is 379 g/mol. The lowest BCUT2D eigenvalue weighted by atomic mass is 10.2. The van der Waals surface area contributed by atoms with Crippen LogP contribution in [0.2, 0.25) is 0 Å². The second-order valence-electron chi connectivity index (χ2n) is 6.22. The van der Waals surface area contributed by atoms with Gasteiger partial charge in [0.25, 0.3) is 0 Å². The van der Waals surface area contributed by atoms with E-state index in [1.165, 1.54) is 5.56 Å². The van der Waals surface area contributed by atoms with E-state index in [1.54, 1.807) is 35.6 Å². The number of hydrogen-bond acceptors (Lipinski definition) is 4. The van der Waals surface area contributed by atoms with Crippen molar-refractivity contribution in [2.45, 2.75) is 20.3 Å². The van der Waals surface area contributed by atoms with Crippen LogP contribution in [0.1, 0.15) is 16.1 Å². The molecule has 5 nitrogen and oxygen atoms in total. The summed E-state index contributed by atoms with van der Waals surface area (Å²) < 4.78 is 0. The van der Waals surface area contributed by atoms with E-state index in [1.807, 2.05) is 13.0 Å². The number of hydrogen-bond donors (Lipinski definition) is 2. The van der Waals surface area contributed by atoms with E-state index >= 15 is 0 Å². The van der Waals surface area contributed by atoms with Gasteiger partial charge in [0.05, 0.1) is 5.69 Å². The Labute approximate surface area is 162 Å². The van der Waals surface area contributed by atoms with Crippen LogP contribution in [-0.4, -0.2) is 23.3 Å². The molecule has 0 saturated carbocycles. The fourth-order valence-electron chi connectivity index (χ4n) is 2.56. The molecule has 0 saturated heterocycles. The molecule has 0 aliphatic carbocycles. The maximum atomic E-state index is 11.9. The van der Waals surface area contributed by atoms with Crippen molar-refractivity contribution < 1.29 is 9.59 Å². The third kappa shape index (κ3) is 5.01. The van der Waals surface area contributed by atoms with Crippen LogP contribution in [0.4, 0.5) is 5.69 Å². The Hall–Kier alpha value is -2.99. The van der Waals surface area contributed by atoms with Crippen LogP contribution in [0, 0.1) is 13.8 Å². The van der Waals surface area contributed by atoms with Crippen LogP contribution < -0.4 is 10.6 Å². The third-order valence-electron chi connectivity index (χ3n) is 4.07. The number of aromatic nitrogens is 1. The lowest BCUT2D eigenvalue weighted by molar-refractivity contribution is -0.136. The van der Waals surface area contributed by atoms with Crippen LogP contribution in [-0.2, 0) is 16.0 Å². The van der Waals surface area contributed by atoms with Gasteiger partial charge in [-0.1, -0.05) is 48.0 Å². The highest BCUT2D eigenvalue weighted by molar-refractivity contribution is 7.15. The van der Waals surface area contributed by atoms with Crippen molar-refractivity contribution in [3.05, 3.63) is 70.7 Å². The van der Waals surface area contributed by atoms with E-state index in [0.29, 0.717) is 18.7 Å². The van der Waals surface area contributed by atoms with Crippen molar-refractivity contribution in [2.75, 3.05) is 11.9 Å². The van der Waals surface area contributed by atoms with Gasteiger partial charge < -0.3 is 10.6 Å². The number of para-hydroxylation sites is 1. The predicted molar refractivity (Wildman–Crippen MR) is 109 cm³/mol. The molecule has 2 N–H and O–H groups in total. The van der Waals surface area contributed by atoms with Crippen LogP contribution in [0.5, 0.6) is 0 Å². The Bertz CT molecular complexity index is 934. The molecule has 0 atom stereocenters. The molecular weight excluding hydrogens is 358 g/mol. The summed E-state index contributed by atoms with van der Waals surface area (Å²) in [6, 6.07) is 17.2. The van der Waals surface area contributed by atoms with Gasteiger partial charge >= 0.3 is 11.8 Å². The third-order valence-corrected chi connectivity index (χ3v) is 5.33. The molecule has 0 unspecified atom stereocenters. The molecule has 2 aromatic carbocycles. The first-order valence-electron chi connectivity index (χ1n) is 8.70. The molecule has 0 aliphatic heterocycles. The second kappa shape index (κ2) is 8.60. The largest absolute Gasteiger partial charge is 0.347 e. The van der Waals surface area contributed by atoms with E-state index in [2.05, 4.69) is 46.8 Å². The Kier molecular flexibility index (Phi) is 5.98. The fraction of sp³-hybridized carbons (Fsp3) is 0.190. The minimum absolute atomic E-state index is 0.386. The standard InChI is InChI=1S/C21H21N3O2S/c1-14-8-10-16(11-9-14)21-23-15(2)18(27-21)12-13-22-19(25)20(26)24-17-6-4-3-5-7-17/h3-11H,12-13H2,1-2H3,(H,22,25)(H,24,26). The van der Waals surface area contributed by atoms with E-state index < -0.39 is 11.8 Å². The summed E-state index contributed by atoms with van der Waals surface area (Å²) >= 11 is 1.62.